The number of ether oxygens (including phenoxy) is 2. The molecule has 0 saturated heterocycles. The highest BCUT2D eigenvalue weighted by Gasteiger charge is 2.27. The van der Waals surface area contributed by atoms with Gasteiger partial charge >= 0.3 is 19.8 Å². The third-order valence-electron chi connectivity index (χ3n) is 11.6. The highest BCUT2D eigenvalue weighted by molar-refractivity contribution is 7.47. The molecule has 1 N–H and O–H groups in total. The molecule has 0 aliphatic rings. The maximum atomic E-state index is 12.8. The number of hydrogen-bond donors (Lipinski definition) is 1. The highest BCUT2D eigenvalue weighted by atomic mass is 31.2. The van der Waals surface area contributed by atoms with Gasteiger partial charge in [0.05, 0.1) is 27.7 Å². The number of unbranched alkanes of at least 4 members (excludes halogenated alkanes) is 20. The first kappa shape index (κ1) is 66.9. The van der Waals surface area contributed by atoms with Gasteiger partial charge < -0.3 is 18.9 Å². The first-order chi connectivity index (χ1) is 34.0. The van der Waals surface area contributed by atoms with Crippen LogP contribution in [-0.2, 0) is 32.7 Å². The fourth-order valence-electron chi connectivity index (χ4n) is 7.28. The monoisotopic (exact) mass is 999 g/mol. The summed E-state index contributed by atoms with van der Waals surface area (Å²) in [6.07, 6.45) is 68.9. The quantitative estimate of drug-likeness (QED) is 0.0211. The second-order valence-corrected chi connectivity index (χ2v) is 21.0. The van der Waals surface area contributed by atoms with Crippen LogP contribution in [-0.4, -0.2) is 74.9 Å². The first-order valence-electron chi connectivity index (χ1n) is 28.0. The van der Waals surface area contributed by atoms with E-state index in [1.807, 2.05) is 21.1 Å². The summed E-state index contributed by atoms with van der Waals surface area (Å²) in [7, 11) is 1.45. The topological polar surface area (TPSA) is 108 Å². The molecule has 0 aromatic rings. The lowest BCUT2D eigenvalue weighted by Gasteiger charge is -2.24. The van der Waals surface area contributed by atoms with E-state index in [4.69, 9.17) is 18.5 Å². The molecule has 0 rings (SSSR count). The van der Waals surface area contributed by atoms with E-state index < -0.39 is 26.5 Å². The van der Waals surface area contributed by atoms with E-state index >= 15 is 0 Å². The first-order valence-corrected chi connectivity index (χ1v) is 29.5. The van der Waals surface area contributed by atoms with Crippen LogP contribution in [0.2, 0.25) is 0 Å². The van der Waals surface area contributed by atoms with E-state index in [1.165, 1.54) is 83.5 Å². The zero-order chi connectivity index (χ0) is 51.3. The summed E-state index contributed by atoms with van der Waals surface area (Å²) in [6.45, 7) is 4.28. The van der Waals surface area contributed by atoms with Gasteiger partial charge in [-0.25, -0.2) is 4.57 Å². The number of phosphoric acid groups is 1. The van der Waals surface area contributed by atoms with E-state index in [2.05, 4.69) is 111 Å². The molecule has 0 aromatic carbocycles. The largest absolute Gasteiger partial charge is 0.472 e. The van der Waals surface area contributed by atoms with Crippen LogP contribution in [0.25, 0.3) is 0 Å². The minimum absolute atomic E-state index is 0.0227. The van der Waals surface area contributed by atoms with Crippen LogP contribution in [0.15, 0.2) is 97.2 Å². The van der Waals surface area contributed by atoms with Crippen molar-refractivity contribution in [3.63, 3.8) is 0 Å². The van der Waals surface area contributed by atoms with Crippen LogP contribution < -0.4 is 0 Å². The Balaban J connectivity index is 4.27. The Morgan fingerprint density at radius 3 is 1.21 bits per heavy atom. The molecule has 0 heterocycles. The second-order valence-electron chi connectivity index (χ2n) is 19.6. The van der Waals surface area contributed by atoms with E-state index in [-0.39, 0.29) is 32.0 Å². The zero-order valence-electron chi connectivity index (χ0n) is 45.5. The summed E-state index contributed by atoms with van der Waals surface area (Å²) < 4.78 is 34.5. The van der Waals surface area contributed by atoms with Gasteiger partial charge in [-0.3, -0.25) is 18.6 Å². The van der Waals surface area contributed by atoms with Gasteiger partial charge in [-0.15, -0.1) is 0 Å². The summed E-state index contributed by atoms with van der Waals surface area (Å²) in [4.78, 5) is 35.7. The van der Waals surface area contributed by atoms with Crippen LogP contribution in [0, 0.1) is 0 Å². The van der Waals surface area contributed by atoms with Crippen LogP contribution in [0.5, 0.6) is 0 Å². The van der Waals surface area contributed by atoms with Gasteiger partial charge in [-0.05, 0) is 96.3 Å². The van der Waals surface area contributed by atoms with Crippen molar-refractivity contribution < 1.29 is 42.1 Å². The number of esters is 2. The van der Waals surface area contributed by atoms with Crippen LogP contribution in [0.3, 0.4) is 0 Å². The molecule has 0 spiro atoms. The fraction of sp³-hybridized carbons (Fsp3) is 0.700. The summed E-state index contributed by atoms with van der Waals surface area (Å²) in [6, 6.07) is 0. The van der Waals surface area contributed by atoms with Gasteiger partial charge in [-0.1, -0.05) is 207 Å². The lowest BCUT2D eigenvalue weighted by atomic mass is 10.1. The van der Waals surface area contributed by atoms with E-state index in [0.717, 1.165) is 103 Å². The number of nitrogens with zero attached hydrogens (tertiary/aromatic N) is 1. The van der Waals surface area contributed by atoms with Crippen molar-refractivity contribution >= 4 is 19.8 Å². The average Bonchev–Trinajstić information content (AvgIpc) is 3.32. The van der Waals surface area contributed by atoms with Gasteiger partial charge in [0.25, 0.3) is 0 Å². The third-order valence-corrected chi connectivity index (χ3v) is 12.6. The van der Waals surface area contributed by atoms with Crippen LogP contribution in [0.4, 0.5) is 0 Å². The predicted molar refractivity (Wildman–Crippen MR) is 298 cm³/mol. The average molecular weight is 999 g/mol. The summed E-state index contributed by atoms with van der Waals surface area (Å²) >= 11 is 0. The number of rotatable bonds is 50. The Bertz CT molecular complexity index is 1500. The summed E-state index contributed by atoms with van der Waals surface area (Å²) in [5, 5.41) is 0. The molecule has 0 saturated carbocycles. The Morgan fingerprint density at radius 1 is 0.457 bits per heavy atom. The minimum Gasteiger partial charge on any atom is -0.462 e. The molecule has 0 aliphatic carbocycles. The lowest BCUT2D eigenvalue weighted by molar-refractivity contribution is -0.870. The van der Waals surface area contributed by atoms with Gasteiger partial charge in [0.1, 0.15) is 19.8 Å². The third kappa shape index (κ3) is 54.3. The van der Waals surface area contributed by atoms with Crippen molar-refractivity contribution in [2.45, 2.75) is 225 Å². The Kier molecular flexibility index (Phi) is 48.6. The number of quaternary nitrogens is 1. The standard InChI is InChI=1S/C60H104NO8P/c1-6-8-10-12-14-16-18-20-22-24-26-28-30-32-34-36-38-40-42-44-46-48-50-52-59(62)66-56-58(57-68-70(64,65)67-55-54-61(3,4)5)69-60(63)53-51-49-47-45-43-41-39-37-35-33-31-29-27-25-23-21-19-17-15-13-11-9-7-2/h9,11,15,17-18,20-21,23-24,26-27,29-30,32-33,35,58H,6-8,10,12-14,16,19,22,25,28,31,34,36-57H2,1-5H3/p+1/b11-9-,17-15-,20-18-,23-21-,26-24-,29-27-,32-30-,35-33-. The SMILES string of the molecule is CC/C=C\C/C=C\C/C=C\C/C=C\C/C=C\CCCCCCCCCC(=O)OC(COC(=O)CCCCCCCCCC/C=C\C/C=C\C/C=C\CCCCCCC)COP(=O)(O)OCC[N+](C)(C)C. The maximum absolute atomic E-state index is 12.8. The lowest BCUT2D eigenvalue weighted by Crippen LogP contribution is -2.37. The second kappa shape index (κ2) is 50.9. The molecular formula is C60H105NO8P+. The van der Waals surface area contributed by atoms with Gasteiger partial charge in [-0.2, -0.15) is 0 Å². The van der Waals surface area contributed by atoms with E-state index in [9.17, 15) is 19.0 Å². The molecule has 70 heavy (non-hydrogen) atoms. The molecule has 0 radical (unpaired) electrons. The molecule has 0 bridgehead atoms. The molecule has 2 unspecified atom stereocenters. The smallest absolute Gasteiger partial charge is 0.462 e. The zero-order valence-corrected chi connectivity index (χ0v) is 46.4. The van der Waals surface area contributed by atoms with Crippen LogP contribution in [0.1, 0.15) is 219 Å². The Morgan fingerprint density at radius 2 is 0.814 bits per heavy atom. The Labute approximate surface area is 430 Å². The van der Waals surface area contributed by atoms with Crippen LogP contribution >= 0.6 is 7.82 Å². The Hall–Kier alpha value is -3.07. The number of likely N-dealkylation sites (N-methyl/N-ethyl adjacent to an activating group) is 1. The number of allylic oxidation sites excluding steroid dienone is 16. The maximum Gasteiger partial charge on any atom is 0.472 e. The van der Waals surface area contributed by atoms with E-state index in [1.54, 1.807) is 0 Å². The number of carbonyl (C=O) groups is 2. The van der Waals surface area contributed by atoms with Crippen molar-refractivity contribution in [2.75, 3.05) is 47.5 Å². The normalized spacial score (nSPS) is 14.1. The number of hydrogen-bond acceptors (Lipinski definition) is 7. The molecule has 0 aliphatic heterocycles. The van der Waals surface area contributed by atoms with Crippen molar-refractivity contribution in [1.29, 1.82) is 0 Å². The van der Waals surface area contributed by atoms with Crippen molar-refractivity contribution in [3.8, 4) is 0 Å². The molecule has 402 valence electrons. The molecule has 0 fully saturated rings. The van der Waals surface area contributed by atoms with Gasteiger partial charge in [0, 0.05) is 12.8 Å². The van der Waals surface area contributed by atoms with Gasteiger partial charge in [0.15, 0.2) is 6.10 Å². The molecular weight excluding hydrogens is 894 g/mol. The summed E-state index contributed by atoms with van der Waals surface area (Å²) in [5.41, 5.74) is 0. The van der Waals surface area contributed by atoms with E-state index in [0.29, 0.717) is 17.4 Å². The fourth-order valence-corrected chi connectivity index (χ4v) is 8.02. The molecule has 0 amide bonds. The van der Waals surface area contributed by atoms with Crippen molar-refractivity contribution in [1.82, 2.24) is 0 Å². The van der Waals surface area contributed by atoms with Crippen molar-refractivity contribution in [3.05, 3.63) is 97.2 Å². The molecule has 0 aromatic heterocycles. The number of carbonyl (C=O) groups excluding carboxylic acids is 2. The summed E-state index contributed by atoms with van der Waals surface area (Å²) in [5.74, 6) is -0.823. The predicted octanol–water partition coefficient (Wildman–Crippen LogP) is 17.3. The number of phosphoric ester groups is 1. The van der Waals surface area contributed by atoms with Crippen molar-refractivity contribution in [2.24, 2.45) is 0 Å². The van der Waals surface area contributed by atoms with Gasteiger partial charge in [0.2, 0.25) is 0 Å². The molecule has 2 atom stereocenters. The minimum atomic E-state index is -4.40. The molecule has 9 nitrogen and oxygen atoms in total. The highest BCUT2D eigenvalue weighted by Crippen LogP contribution is 2.43. The molecule has 10 heteroatoms.